The molecule has 0 spiro atoms. The lowest BCUT2D eigenvalue weighted by Crippen LogP contribution is -2.40. The number of carbonyl (C=O) groups is 1. The van der Waals surface area contributed by atoms with Gasteiger partial charge in [-0.1, -0.05) is 43.2 Å². The monoisotopic (exact) mass is 530 g/mol. The van der Waals surface area contributed by atoms with E-state index in [2.05, 4.69) is 58.2 Å². The maximum Gasteiger partial charge on any atom is 0.226 e. The standard InChI is InChI=1S/C32H42N4O3/c1-34(22-18-27-14-17-30(38-2)31(24-27)39-3)20-7-21-36(29-9-4-5-10-29)32(37)11-6-8-26-12-15-28(16-13-26)35-23-19-33-25-35/h6,8,12-17,19,23-25,29H,4-5,7,9-11,18,20-22H2,1-3H3. The summed E-state index contributed by atoms with van der Waals surface area (Å²) in [6, 6.07) is 14.8. The molecule has 0 radical (unpaired) electrons. The van der Waals surface area contributed by atoms with E-state index in [0.717, 1.165) is 68.1 Å². The highest BCUT2D eigenvalue weighted by atomic mass is 16.5. The van der Waals surface area contributed by atoms with E-state index in [0.29, 0.717) is 12.5 Å². The molecule has 0 atom stereocenters. The third kappa shape index (κ3) is 8.20. The number of hydrogen-bond donors (Lipinski definition) is 0. The fourth-order valence-corrected chi connectivity index (χ4v) is 5.29. The van der Waals surface area contributed by atoms with Crippen LogP contribution in [0.5, 0.6) is 11.5 Å². The summed E-state index contributed by atoms with van der Waals surface area (Å²) in [6.45, 7) is 2.73. The van der Waals surface area contributed by atoms with Gasteiger partial charge in [0.05, 0.1) is 20.5 Å². The number of likely N-dealkylation sites (N-methyl/N-ethyl adjacent to an activating group) is 1. The molecule has 1 amide bonds. The van der Waals surface area contributed by atoms with E-state index in [9.17, 15) is 4.79 Å². The zero-order valence-electron chi connectivity index (χ0n) is 23.6. The van der Waals surface area contributed by atoms with Crippen molar-refractivity contribution in [1.29, 1.82) is 0 Å². The number of carbonyl (C=O) groups excluding carboxylic acids is 1. The van der Waals surface area contributed by atoms with Crippen LogP contribution in [-0.2, 0) is 11.2 Å². The van der Waals surface area contributed by atoms with Crippen LogP contribution in [0, 0.1) is 0 Å². The van der Waals surface area contributed by atoms with E-state index in [-0.39, 0.29) is 5.91 Å². The summed E-state index contributed by atoms with van der Waals surface area (Å²) >= 11 is 0. The summed E-state index contributed by atoms with van der Waals surface area (Å²) in [6.07, 6.45) is 16.6. The Hall–Kier alpha value is -3.58. The molecule has 1 aliphatic rings. The van der Waals surface area contributed by atoms with Gasteiger partial charge in [0.1, 0.15) is 0 Å². The first kappa shape index (κ1) is 28.4. The number of methoxy groups -OCH3 is 2. The summed E-state index contributed by atoms with van der Waals surface area (Å²) in [5, 5.41) is 0. The summed E-state index contributed by atoms with van der Waals surface area (Å²) in [7, 11) is 5.48. The predicted octanol–water partition coefficient (Wildman–Crippen LogP) is 5.63. The number of imidazole rings is 1. The Morgan fingerprint density at radius 3 is 2.49 bits per heavy atom. The van der Waals surface area contributed by atoms with Crippen LogP contribution in [0.3, 0.4) is 0 Å². The molecule has 7 nitrogen and oxygen atoms in total. The molecule has 1 fully saturated rings. The number of benzene rings is 2. The van der Waals surface area contributed by atoms with E-state index in [1.54, 1.807) is 26.7 Å². The molecule has 0 aliphatic heterocycles. The molecule has 0 unspecified atom stereocenters. The maximum atomic E-state index is 13.3. The summed E-state index contributed by atoms with van der Waals surface area (Å²) in [4.78, 5) is 21.9. The van der Waals surface area contributed by atoms with Crippen LogP contribution >= 0.6 is 0 Å². The lowest BCUT2D eigenvalue weighted by molar-refractivity contribution is -0.132. The Balaban J connectivity index is 1.24. The first-order valence-corrected chi connectivity index (χ1v) is 14.0. The molecule has 39 heavy (non-hydrogen) atoms. The molecule has 0 bridgehead atoms. The second-order valence-electron chi connectivity index (χ2n) is 10.3. The van der Waals surface area contributed by atoms with Gasteiger partial charge in [0.25, 0.3) is 0 Å². The van der Waals surface area contributed by atoms with E-state index < -0.39 is 0 Å². The molecule has 4 rings (SSSR count). The van der Waals surface area contributed by atoms with Crippen LogP contribution in [0.25, 0.3) is 11.8 Å². The second-order valence-corrected chi connectivity index (χ2v) is 10.3. The van der Waals surface area contributed by atoms with Crippen molar-refractivity contribution in [3.63, 3.8) is 0 Å². The van der Waals surface area contributed by atoms with Crippen LogP contribution < -0.4 is 9.47 Å². The molecule has 0 N–H and O–H groups in total. The molecular weight excluding hydrogens is 488 g/mol. The van der Waals surface area contributed by atoms with Crippen molar-refractivity contribution < 1.29 is 14.3 Å². The highest BCUT2D eigenvalue weighted by molar-refractivity contribution is 5.79. The van der Waals surface area contributed by atoms with E-state index in [1.807, 2.05) is 29.0 Å². The van der Waals surface area contributed by atoms with Crippen molar-refractivity contribution in [2.24, 2.45) is 0 Å². The molecule has 0 saturated heterocycles. The molecule has 1 aliphatic carbocycles. The second kappa shape index (κ2) is 14.5. The Morgan fingerprint density at radius 1 is 1.03 bits per heavy atom. The van der Waals surface area contributed by atoms with Crippen LogP contribution in [0.4, 0.5) is 0 Å². The van der Waals surface area contributed by atoms with Crippen molar-refractivity contribution in [2.45, 2.75) is 51.0 Å². The maximum absolute atomic E-state index is 13.3. The minimum absolute atomic E-state index is 0.237. The molecular formula is C32H42N4O3. The summed E-state index contributed by atoms with van der Waals surface area (Å²) in [5.41, 5.74) is 3.39. The zero-order valence-corrected chi connectivity index (χ0v) is 23.6. The van der Waals surface area contributed by atoms with Gasteiger partial charge in [-0.25, -0.2) is 4.98 Å². The minimum Gasteiger partial charge on any atom is -0.493 e. The van der Waals surface area contributed by atoms with Gasteiger partial charge in [0, 0.05) is 43.6 Å². The smallest absolute Gasteiger partial charge is 0.226 e. The SMILES string of the molecule is COc1ccc(CCN(C)CCCN(C(=O)CC=Cc2ccc(-n3ccnc3)cc2)C2CCCC2)cc1OC. The van der Waals surface area contributed by atoms with Gasteiger partial charge in [-0.2, -0.15) is 0 Å². The van der Waals surface area contributed by atoms with Crippen LogP contribution in [-0.4, -0.2) is 72.2 Å². The van der Waals surface area contributed by atoms with Gasteiger partial charge < -0.3 is 23.8 Å². The fraction of sp³-hybridized carbons (Fsp3) is 0.438. The highest BCUT2D eigenvalue weighted by Gasteiger charge is 2.25. The van der Waals surface area contributed by atoms with Gasteiger partial charge in [0.15, 0.2) is 11.5 Å². The zero-order chi connectivity index (χ0) is 27.5. The molecule has 1 aromatic heterocycles. The quantitative estimate of drug-likeness (QED) is 0.270. The molecule has 208 valence electrons. The lowest BCUT2D eigenvalue weighted by Gasteiger charge is -2.29. The number of aromatic nitrogens is 2. The normalized spacial score (nSPS) is 13.8. The van der Waals surface area contributed by atoms with Gasteiger partial charge >= 0.3 is 0 Å². The number of amides is 1. The molecule has 1 heterocycles. The fourth-order valence-electron chi connectivity index (χ4n) is 5.29. The van der Waals surface area contributed by atoms with Gasteiger partial charge in [-0.05, 0) is 74.7 Å². The Morgan fingerprint density at radius 2 is 1.79 bits per heavy atom. The Labute approximate surface area is 233 Å². The number of nitrogens with zero attached hydrogens (tertiary/aromatic N) is 4. The summed E-state index contributed by atoms with van der Waals surface area (Å²) in [5.74, 6) is 1.76. The topological polar surface area (TPSA) is 59.8 Å². The van der Waals surface area contributed by atoms with Crippen molar-refractivity contribution in [1.82, 2.24) is 19.4 Å². The van der Waals surface area contributed by atoms with Gasteiger partial charge in [-0.15, -0.1) is 0 Å². The van der Waals surface area contributed by atoms with E-state index >= 15 is 0 Å². The molecule has 7 heteroatoms. The molecule has 3 aromatic rings. The molecule has 1 saturated carbocycles. The van der Waals surface area contributed by atoms with Crippen molar-refractivity contribution in [3.05, 3.63) is 78.4 Å². The lowest BCUT2D eigenvalue weighted by atomic mass is 10.1. The van der Waals surface area contributed by atoms with Crippen LogP contribution in [0.15, 0.2) is 67.3 Å². The van der Waals surface area contributed by atoms with Crippen molar-refractivity contribution in [3.8, 4) is 17.2 Å². The first-order chi connectivity index (χ1) is 19.1. The van der Waals surface area contributed by atoms with Crippen molar-refractivity contribution in [2.75, 3.05) is 40.9 Å². The van der Waals surface area contributed by atoms with E-state index in [1.165, 1.54) is 18.4 Å². The van der Waals surface area contributed by atoms with E-state index in [4.69, 9.17) is 9.47 Å². The van der Waals surface area contributed by atoms with Crippen molar-refractivity contribution >= 4 is 12.0 Å². The first-order valence-electron chi connectivity index (χ1n) is 14.0. The Bertz CT molecular complexity index is 1180. The number of rotatable bonds is 14. The predicted molar refractivity (Wildman–Crippen MR) is 157 cm³/mol. The van der Waals surface area contributed by atoms with Crippen LogP contribution in [0.1, 0.15) is 49.7 Å². The number of ether oxygens (including phenoxy) is 2. The summed E-state index contributed by atoms with van der Waals surface area (Å²) < 4.78 is 12.8. The minimum atomic E-state index is 0.237. The molecule has 2 aromatic carbocycles. The highest BCUT2D eigenvalue weighted by Crippen LogP contribution is 2.28. The Kier molecular flexibility index (Phi) is 10.6. The van der Waals surface area contributed by atoms with Gasteiger partial charge in [-0.3, -0.25) is 4.79 Å². The number of hydrogen-bond acceptors (Lipinski definition) is 5. The third-order valence-electron chi connectivity index (χ3n) is 7.55. The van der Waals surface area contributed by atoms with Gasteiger partial charge in [0.2, 0.25) is 5.91 Å². The average molecular weight is 531 g/mol. The largest absolute Gasteiger partial charge is 0.493 e. The third-order valence-corrected chi connectivity index (χ3v) is 7.55. The average Bonchev–Trinajstić information content (AvgIpc) is 3.70. The van der Waals surface area contributed by atoms with Crippen LogP contribution in [0.2, 0.25) is 0 Å².